The van der Waals surface area contributed by atoms with E-state index < -0.39 is 18.2 Å². The third kappa shape index (κ3) is 5.51. The van der Waals surface area contributed by atoms with Crippen LogP contribution in [0.5, 0.6) is 11.5 Å². The summed E-state index contributed by atoms with van der Waals surface area (Å²) >= 11 is 0. The number of hydrogen-bond acceptors (Lipinski definition) is 4. The number of nitrogens with one attached hydrogen (secondary N) is 1. The fraction of sp³-hybridized carbons (Fsp3) is 0.625. The quantitative estimate of drug-likeness (QED) is 0.787. The molecule has 23 heavy (non-hydrogen) atoms. The van der Waals surface area contributed by atoms with Crippen LogP contribution in [0.1, 0.15) is 26.3 Å². The Hall–Kier alpha value is -1.05. The molecule has 1 atom stereocenters. The molecule has 0 amide bonds. The molecule has 0 aliphatic carbocycles. The number of methoxy groups -OCH3 is 2. The van der Waals surface area contributed by atoms with Gasteiger partial charge >= 0.3 is 0 Å². The van der Waals surface area contributed by atoms with Gasteiger partial charge in [0, 0.05) is 12.8 Å². The second-order valence-corrected chi connectivity index (χ2v) is 14.5. The molecule has 7 heteroatoms. The molecule has 1 aromatic carbocycles. The highest BCUT2D eigenvalue weighted by atomic mass is 32.2. The second kappa shape index (κ2) is 7.23. The van der Waals surface area contributed by atoms with Crippen molar-refractivity contribution in [2.45, 2.75) is 45.4 Å². The Kier molecular flexibility index (Phi) is 6.29. The number of benzene rings is 1. The summed E-state index contributed by atoms with van der Waals surface area (Å²) in [6, 6.07) is 5.65. The van der Waals surface area contributed by atoms with Gasteiger partial charge in [0.15, 0.2) is 19.7 Å². The van der Waals surface area contributed by atoms with Crippen LogP contribution < -0.4 is 14.2 Å². The fourth-order valence-electron chi connectivity index (χ4n) is 1.81. The first-order valence-corrected chi connectivity index (χ1v) is 12.5. The molecule has 1 unspecified atom stereocenters. The third-order valence-corrected chi connectivity index (χ3v) is 11.8. The molecule has 0 radical (unpaired) electrons. The van der Waals surface area contributed by atoms with Gasteiger partial charge in [0.1, 0.15) is 0 Å². The Bertz CT molecular complexity index is 660. The summed E-state index contributed by atoms with van der Waals surface area (Å²) in [5.41, 5.74) is 0.975. The lowest BCUT2D eigenvalue weighted by Crippen LogP contribution is -2.38. The molecule has 1 rings (SSSR count). The molecule has 0 fully saturated rings. The van der Waals surface area contributed by atoms with E-state index in [2.05, 4.69) is 38.6 Å². The predicted octanol–water partition coefficient (Wildman–Crippen LogP) is 3.81. The minimum Gasteiger partial charge on any atom is -0.493 e. The van der Waals surface area contributed by atoms with Crippen molar-refractivity contribution in [3.05, 3.63) is 23.8 Å². The predicted molar refractivity (Wildman–Crippen MR) is 100 cm³/mol. The molecule has 0 saturated heterocycles. The first kappa shape index (κ1) is 20.0. The van der Waals surface area contributed by atoms with E-state index in [4.69, 9.17) is 13.5 Å². The van der Waals surface area contributed by atoms with Crippen molar-refractivity contribution in [2.24, 2.45) is 4.03 Å². The van der Waals surface area contributed by atoms with Crippen LogP contribution in [0.2, 0.25) is 18.1 Å². The van der Waals surface area contributed by atoms with Gasteiger partial charge in [-0.2, -0.15) is 0 Å². The molecule has 5 nitrogen and oxygen atoms in total. The Morgan fingerprint density at radius 2 is 1.74 bits per heavy atom. The zero-order chi connectivity index (χ0) is 17.9. The van der Waals surface area contributed by atoms with E-state index >= 15 is 0 Å². The van der Waals surface area contributed by atoms with E-state index in [-0.39, 0.29) is 5.04 Å². The van der Waals surface area contributed by atoms with Gasteiger partial charge in [-0.15, -0.1) is 0 Å². The van der Waals surface area contributed by atoms with Crippen molar-refractivity contribution in [1.29, 1.82) is 0 Å². The maximum absolute atomic E-state index is 12.8. The number of hydrogen-bond donors (Lipinski definition) is 1. The molecule has 0 spiro atoms. The number of rotatable bonds is 6. The fourth-order valence-corrected chi connectivity index (χ4v) is 7.08. The summed E-state index contributed by atoms with van der Waals surface area (Å²) in [5, 5.41) is 0.0662. The zero-order valence-corrected chi connectivity index (χ0v) is 17.3. The van der Waals surface area contributed by atoms with Crippen LogP contribution in [0.15, 0.2) is 22.2 Å². The lowest BCUT2D eigenvalue weighted by molar-refractivity contribution is 0.354. The first-order chi connectivity index (χ1) is 10.4. The maximum Gasteiger partial charge on any atom is 0.194 e. The number of nitrogens with zero attached hydrogens (tertiary/aromatic N) is 1. The zero-order valence-electron chi connectivity index (χ0n) is 15.5. The van der Waals surface area contributed by atoms with E-state index in [1.54, 1.807) is 20.5 Å². The molecule has 0 saturated carbocycles. The molecular weight excluding hydrogens is 328 g/mol. The van der Waals surface area contributed by atoms with Crippen LogP contribution in [0, 0.1) is 0 Å². The summed E-state index contributed by atoms with van der Waals surface area (Å²) in [7, 11) is -1.20. The summed E-state index contributed by atoms with van der Waals surface area (Å²) < 4.78 is 31.1. The standard InChI is InChI=1S/C16H30N2O3SSi/c1-16(2,3)23(7,8)18-22(6,19)17-12-13-9-10-14(20-4)15(11-13)21-5/h9-11H,12H2,1-8H3,(H,17,18,19). The second-order valence-electron chi connectivity index (χ2n) is 7.21. The Balaban J connectivity index is 2.95. The van der Waals surface area contributed by atoms with Gasteiger partial charge in [-0.3, -0.25) is 4.03 Å². The summed E-state index contributed by atoms with van der Waals surface area (Å²) in [4.78, 5) is 0. The normalized spacial score (nSPS) is 15.0. The molecule has 0 bridgehead atoms. The summed E-state index contributed by atoms with van der Waals surface area (Å²) in [5.74, 6) is 1.34. The van der Waals surface area contributed by atoms with Crippen LogP contribution in [-0.4, -0.2) is 32.9 Å². The minimum absolute atomic E-state index is 0.0662. The lowest BCUT2D eigenvalue weighted by Gasteiger charge is -2.33. The summed E-state index contributed by atoms with van der Waals surface area (Å²) in [6.45, 7) is 11.2. The molecule has 0 heterocycles. The van der Waals surface area contributed by atoms with Crippen LogP contribution in [0.4, 0.5) is 0 Å². The van der Waals surface area contributed by atoms with E-state index in [0.717, 1.165) is 5.56 Å². The van der Waals surface area contributed by atoms with E-state index in [0.29, 0.717) is 18.0 Å². The van der Waals surface area contributed by atoms with Gasteiger partial charge in [-0.05, 0) is 35.8 Å². The van der Waals surface area contributed by atoms with Crippen LogP contribution in [0.3, 0.4) is 0 Å². The van der Waals surface area contributed by atoms with Gasteiger partial charge in [-0.1, -0.05) is 26.8 Å². The lowest BCUT2D eigenvalue weighted by atomic mass is 10.2. The minimum atomic E-state index is -2.44. The largest absolute Gasteiger partial charge is 0.493 e. The van der Waals surface area contributed by atoms with Gasteiger partial charge in [0.25, 0.3) is 0 Å². The maximum atomic E-state index is 12.8. The molecule has 0 aliphatic rings. The summed E-state index contributed by atoms with van der Waals surface area (Å²) in [6.07, 6.45) is 1.67. The van der Waals surface area contributed by atoms with Crippen molar-refractivity contribution in [3.8, 4) is 11.5 Å². The van der Waals surface area contributed by atoms with Gasteiger partial charge < -0.3 is 9.47 Å². The molecule has 1 aromatic rings. The molecule has 0 aliphatic heterocycles. The average Bonchev–Trinajstić information content (AvgIpc) is 2.42. The Morgan fingerprint density at radius 1 is 1.17 bits per heavy atom. The highest BCUT2D eigenvalue weighted by Crippen LogP contribution is 2.37. The van der Waals surface area contributed by atoms with Crippen molar-refractivity contribution in [3.63, 3.8) is 0 Å². The van der Waals surface area contributed by atoms with Crippen LogP contribution in [0.25, 0.3) is 0 Å². The Morgan fingerprint density at radius 3 is 2.22 bits per heavy atom. The van der Waals surface area contributed by atoms with Crippen molar-refractivity contribution < 1.29 is 13.7 Å². The van der Waals surface area contributed by atoms with E-state index in [9.17, 15) is 4.21 Å². The third-order valence-electron chi connectivity index (χ3n) is 4.23. The number of ether oxygens (including phenoxy) is 2. The van der Waals surface area contributed by atoms with Crippen molar-refractivity contribution in [2.75, 3.05) is 20.5 Å². The monoisotopic (exact) mass is 358 g/mol. The molecule has 0 aromatic heterocycles. The van der Waals surface area contributed by atoms with Crippen LogP contribution >= 0.6 is 0 Å². The molecule has 132 valence electrons. The van der Waals surface area contributed by atoms with E-state index in [1.807, 2.05) is 18.2 Å². The van der Waals surface area contributed by atoms with Gasteiger partial charge in [0.2, 0.25) is 0 Å². The Labute approximate surface area is 142 Å². The van der Waals surface area contributed by atoms with Gasteiger partial charge in [0.05, 0.1) is 24.1 Å². The first-order valence-electron chi connectivity index (χ1n) is 7.61. The molecular formula is C16H30N2O3SSi. The SMILES string of the molecule is COc1ccc(CNS(C)(=O)=N[Si](C)(C)C(C)(C)C)cc1OC. The van der Waals surface area contributed by atoms with E-state index in [1.165, 1.54) is 0 Å². The average molecular weight is 359 g/mol. The van der Waals surface area contributed by atoms with Crippen molar-refractivity contribution >= 4 is 18.2 Å². The molecule has 1 N–H and O–H groups in total. The van der Waals surface area contributed by atoms with Crippen molar-refractivity contribution in [1.82, 2.24) is 4.72 Å². The smallest absolute Gasteiger partial charge is 0.194 e. The highest BCUT2D eigenvalue weighted by Gasteiger charge is 2.36. The topological polar surface area (TPSA) is 59.9 Å². The highest BCUT2D eigenvalue weighted by molar-refractivity contribution is 7.91. The van der Waals surface area contributed by atoms with Gasteiger partial charge in [-0.25, -0.2) is 8.93 Å². The van der Waals surface area contributed by atoms with Crippen LogP contribution in [-0.2, 0) is 16.5 Å².